The summed E-state index contributed by atoms with van der Waals surface area (Å²) < 4.78 is 0. The minimum Gasteiger partial charge on any atom is -0.326 e. The normalized spacial score (nSPS) is 11.1. The molecule has 2 aromatic rings. The maximum Gasteiger partial charge on any atom is 0.0976 e. The Bertz CT molecular complexity index is 491. The van der Waals surface area contributed by atoms with E-state index in [1.807, 2.05) is 12.3 Å². The number of rotatable bonds is 5. The predicted octanol–water partition coefficient (Wildman–Crippen LogP) is 2.79. The van der Waals surface area contributed by atoms with Gasteiger partial charge < -0.3 is 5.73 Å². The molecule has 0 aliphatic rings. The molecule has 0 bridgehead atoms. The second-order valence-corrected chi connectivity index (χ2v) is 5.99. The van der Waals surface area contributed by atoms with Crippen LogP contribution in [-0.4, -0.2) is 9.97 Å². The summed E-state index contributed by atoms with van der Waals surface area (Å²) in [7, 11) is 0. The summed E-state index contributed by atoms with van der Waals surface area (Å²) in [4.78, 5) is 10.1. The lowest BCUT2D eigenvalue weighted by Gasteiger charge is -2.02. The van der Waals surface area contributed by atoms with E-state index in [-0.39, 0.29) is 0 Å². The molecule has 2 N–H and O–H groups in total. The highest BCUT2D eigenvalue weighted by atomic mass is 32.1. The Labute approximate surface area is 112 Å². The number of nitrogens with zero attached hydrogens (tertiary/aromatic N) is 2. The predicted molar refractivity (Wildman–Crippen MR) is 75.6 cm³/mol. The van der Waals surface area contributed by atoms with Crippen LogP contribution in [-0.2, 0) is 19.4 Å². The minimum absolute atomic E-state index is 0.590. The van der Waals surface area contributed by atoms with Crippen LogP contribution in [0.4, 0.5) is 0 Å². The molecule has 0 aromatic carbocycles. The highest BCUT2D eigenvalue weighted by molar-refractivity contribution is 7.11. The van der Waals surface area contributed by atoms with Crippen LogP contribution in [0.1, 0.15) is 35.0 Å². The first-order valence-electron chi connectivity index (χ1n) is 6.25. The SMILES string of the molecule is CC(C)Cc1nc(Cc2cccnc2)sc1CN. The molecule has 0 atom stereocenters. The van der Waals surface area contributed by atoms with Crippen molar-refractivity contribution in [1.82, 2.24) is 9.97 Å². The van der Waals surface area contributed by atoms with Gasteiger partial charge in [-0.3, -0.25) is 4.98 Å². The molecule has 3 nitrogen and oxygen atoms in total. The average molecular weight is 261 g/mol. The summed E-state index contributed by atoms with van der Waals surface area (Å²) >= 11 is 1.73. The van der Waals surface area contributed by atoms with Gasteiger partial charge in [0, 0.05) is 30.2 Å². The summed E-state index contributed by atoms with van der Waals surface area (Å²) in [6.45, 7) is 5.01. The topological polar surface area (TPSA) is 51.8 Å². The van der Waals surface area contributed by atoms with E-state index in [2.05, 4.69) is 24.9 Å². The summed E-state index contributed by atoms with van der Waals surface area (Å²) in [6.07, 6.45) is 5.55. The van der Waals surface area contributed by atoms with Gasteiger partial charge in [-0.25, -0.2) is 4.98 Å². The molecule has 0 radical (unpaired) electrons. The van der Waals surface area contributed by atoms with Gasteiger partial charge in [0.25, 0.3) is 0 Å². The van der Waals surface area contributed by atoms with Crippen LogP contribution in [0.2, 0.25) is 0 Å². The van der Waals surface area contributed by atoms with Crippen molar-refractivity contribution in [3.63, 3.8) is 0 Å². The van der Waals surface area contributed by atoms with Crippen LogP contribution in [0.25, 0.3) is 0 Å². The molecule has 0 unspecified atom stereocenters. The zero-order chi connectivity index (χ0) is 13.0. The Hall–Kier alpha value is -1.26. The largest absolute Gasteiger partial charge is 0.326 e. The fourth-order valence-electron chi connectivity index (χ4n) is 1.90. The third-order valence-corrected chi connectivity index (χ3v) is 3.81. The molecular weight excluding hydrogens is 242 g/mol. The fraction of sp³-hybridized carbons (Fsp3) is 0.429. The Morgan fingerprint density at radius 2 is 2.22 bits per heavy atom. The molecule has 0 saturated carbocycles. The van der Waals surface area contributed by atoms with Crippen molar-refractivity contribution in [3.05, 3.63) is 45.7 Å². The highest BCUT2D eigenvalue weighted by Gasteiger charge is 2.11. The zero-order valence-corrected chi connectivity index (χ0v) is 11.7. The summed E-state index contributed by atoms with van der Waals surface area (Å²) in [5.41, 5.74) is 8.17. The molecule has 0 spiro atoms. The number of aromatic nitrogens is 2. The second kappa shape index (κ2) is 6.07. The third kappa shape index (κ3) is 3.37. The van der Waals surface area contributed by atoms with Gasteiger partial charge in [-0.2, -0.15) is 0 Å². The molecule has 0 aliphatic heterocycles. The molecule has 2 rings (SSSR count). The first kappa shape index (κ1) is 13.2. The summed E-state index contributed by atoms with van der Waals surface area (Å²) in [6, 6.07) is 4.04. The van der Waals surface area contributed by atoms with Crippen LogP contribution in [0, 0.1) is 5.92 Å². The monoisotopic (exact) mass is 261 g/mol. The minimum atomic E-state index is 0.590. The van der Waals surface area contributed by atoms with Gasteiger partial charge in [0.2, 0.25) is 0 Å². The molecule has 2 heterocycles. The first-order valence-corrected chi connectivity index (χ1v) is 7.07. The van der Waals surface area contributed by atoms with E-state index in [4.69, 9.17) is 10.7 Å². The Morgan fingerprint density at radius 1 is 1.39 bits per heavy atom. The summed E-state index contributed by atoms with van der Waals surface area (Å²) in [5, 5.41) is 1.14. The van der Waals surface area contributed by atoms with E-state index < -0.39 is 0 Å². The fourth-order valence-corrected chi connectivity index (χ4v) is 2.90. The van der Waals surface area contributed by atoms with E-state index in [1.165, 1.54) is 16.1 Å². The van der Waals surface area contributed by atoms with Crippen LogP contribution in [0.5, 0.6) is 0 Å². The van der Waals surface area contributed by atoms with E-state index in [1.54, 1.807) is 17.5 Å². The second-order valence-electron chi connectivity index (χ2n) is 4.82. The van der Waals surface area contributed by atoms with Crippen molar-refractivity contribution in [2.45, 2.75) is 33.2 Å². The smallest absolute Gasteiger partial charge is 0.0976 e. The molecule has 0 saturated heterocycles. The number of hydrogen-bond acceptors (Lipinski definition) is 4. The van der Waals surface area contributed by atoms with E-state index in [0.717, 1.165) is 17.8 Å². The van der Waals surface area contributed by atoms with Crippen molar-refractivity contribution < 1.29 is 0 Å². The number of pyridine rings is 1. The molecule has 0 aliphatic carbocycles. The Balaban J connectivity index is 2.17. The van der Waals surface area contributed by atoms with Gasteiger partial charge in [-0.05, 0) is 24.0 Å². The quantitative estimate of drug-likeness (QED) is 0.900. The van der Waals surface area contributed by atoms with Gasteiger partial charge in [0.1, 0.15) is 0 Å². The Kier molecular flexibility index (Phi) is 4.44. The average Bonchev–Trinajstić information content (AvgIpc) is 2.71. The number of hydrogen-bond donors (Lipinski definition) is 1. The van der Waals surface area contributed by atoms with Gasteiger partial charge in [0.15, 0.2) is 0 Å². The van der Waals surface area contributed by atoms with Crippen LogP contribution in [0.3, 0.4) is 0 Å². The third-order valence-electron chi connectivity index (χ3n) is 2.69. The zero-order valence-electron chi connectivity index (χ0n) is 10.9. The lowest BCUT2D eigenvalue weighted by atomic mass is 10.1. The number of thiazole rings is 1. The van der Waals surface area contributed by atoms with Gasteiger partial charge >= 0.3 is 0 Å². The van der Waals surface area contributed by atoms with Gasteiger partial charge in [-0.1, -0.05) is 19.9 Å². The van der Waals surface area contributed by atoms with E-state index in [0.29, 0.717) is 12.5 Å². The standard InChI is InChI=1S/C14H19N3S/c1-10(2)6-12-13(8-15)18-14(17-12)7-11-4-3-5-16-9-11/h3-5,9-10H,6-8,15H2,1-2H3. The van der Waals surface area contributed by atoms with Crippen LogP contribution >= 0.6 is 11.3 Å². The van der Waals surface area contributed by atoms with Crippen LogP contribution < -0.4 is 5.73 Å². The molecule has 2 aromatic heterocycles. The molecule has 18 heavy (non-hydrogen) atoms. The first-order chi connectivity index (χ1) is 8.69. The lowest BCUT2D eigenvalue weighted by molar-refractivity contribution is 0.632. The van der Waals surface area contributed by atoms with E-state index >= 15 is 0 Å². The summed E-state index contributed by atoms with van der Waals surface area (Å²) in [5.74, 6) is 0.614. The molecule has 0 amide bonds. The number of nitrogens with two attached hydrogens (primary N) is 1. The lowest BCUT2D eigenvalue weighted by Crippen LogP contribution is -2.02. The van der Waals surface area contributed by atoms with Crippen molar-refractivity contribution in [3.8, 4) is 0 Å². The van der Waals surface area contributed by atoms with E-state index in [9.17, 15) is 0 Å². The molecule has 96 valence electrons. The van der Waals surface area contributed by atoms with Gasteiger partial charge in [-0.15, -0.1) is 11.3 Å². The molecular formula is C14H19N3S. The highest BCUT2D eigenvalue weighted by Crippen LogP contribution is 2.22. The maximum atomic E-state index is 5.79. The van der Waals surface area contributed by atoms with Crippen molar-refractivity contribution in [1.29, 1.82) is 0 Å². The Morgan fingerprint density at radius 3 is 2.83 bits per heavy atom. The van der Waals surface area contributed by atoms with Gasteiger partial charge in [0.05, 0.1) is 10.7 Å². The molecule has 4 heteroatoms. The van der Waals surface area contributed by atoms with Crippen molar-refractivity contribution in [2.24, 2.45) is 11.7 Å². The molecule has 0 fully saturated rings. The van der Waals surface area contributed by atoms with Crippen molar-refractivity contribution >= 4 is 11.3 Å². The van der Waals surface area contributed by atoms with Crippen LogP contribution in [0.15, 0.2) is 24.5 Å². The maximum absolute atomic E-state index is 5.79. The van der Waals surface area contributed by atoms with Crippen molar-refractivity contribution in [2.75, 3.05) is 0 Å².